The zero-order valence-electron chi connectivity index (χ0n) is 16.9. The van der Waals surface area contributed by atoms with Crippen LogP contribution in [0.15, 0.2) is 53.6 Å². The number of aromatic nitrogens is 4. The molecule has 30 heavy (non-hydrogen) atoms. The molecule has 2 atom stereocenters. The van der Waals surface area contributed by atoms with Gasteiger partial charge >= 0.3 is 0 Å². The van der Waals surface area contributed by atoms with Crippen LogP contribution in [0.25, 0.3) is 11.4 Å². The molecule has 3 aromatic rings. The second-order valence-electron chi connectivity index (χ2n) is 8.27. The van der Waals surface area contributed by atoms with Gasteiger partial charge in [0.25, 0.3) is 0 Å². The monoisotopic (exact) mass is 403 g/mol. The molecular weight excluding hydrogens is 378 g/mol. The molecule has 4 heterocycles. The number of nitrogens with zero attached hydrogens (tertiary/aromatic N) is 5. The Bertz CT molecular complexity index is 985. The number of pyridine rings is 2. The van der Waals surface area contributed by atoms with Crippen LogP contribution in [0, 0.1) is 5.92 Å². The molecule has 0 aromatic carbocycles. The summed E-state index contributed by atoms with van der Waals surface area (Å²) in [5, 5.41) is 4.19. The highest BCUT2D eigenvalue weighted by Gasteiger charge is 2.42. The van der Waals surface area contributed by atoms with Crippen LogP contribution in [0.2, 0.25) is 0 Å². The van der Waals surface area contributed by atoms with Crippen LogP contribution in [0.1, 0.15) is 55.4 Å². The second-order valence-corrected chi connectivity index (χ2v) is 8.27. The number of rotatable bonds is 4. The molecular formula is C23H25N5O2. The molecule has 2 fully saturated rings. The van der Waals surface area contributed by atoms with E-state index < -0.39 is 0 Å². The van der Waals surface area contributed by atoms with Gasteiger partial charge < -0.3 is 9.42 Å². The summed E-state index contributed by atoms with van der Waals surface area (Å²) in [6.45, 7) is 1.27. The minimum absolute atomic E-state index is 0.0372. The van der Waals surface area contributed by atoms with Crippen molar-refractivity contribution in [1.82, 2.24) is 25.0 Å². The average molecular weight is 403 g/mol. The lowest BCUT2D eigenvalue weighted by Gasteiger charge is -2.26. The first-order valence-electron chi connectivity index (χ1n) is 10.7. The summed E-state index contributed by atoms with van der Waals surface area (Å²) in [5.74, 6) is 1.62. The molecule has 1 aliphatic carbocycles. The fourth-order valence-electron chi connectivity index (χ4n) is 4.78. The van der Waals surface area contributed by atoms with Gasteiger partial charge in [0, 0.05) is 55.3 Å². The van der Waals surface area contributed by atoms with E-state index in [9.17, 15) is 4.79 Å². The van der Waals surface area contributed by atoms with Crippen LogP contribution >= 0.6 is 0 Å². The molecule has 7 heteroatoms. The van der Waals surface area contributed by atoms with Crippen molar-refractivity contribution in [2.75, 3.05) is 13.1 Å². The quantitative estimate of drug-likeness (QED) is 0.658. The van der Waals surface area contributed by atoms with Gasteiger partial charge in [-0.1, -0.05) is 30.5 Å². The van der Waals surface area contributed by atoms with Crippen LogP contribution in [-0.2, 0) is 4.79 Å². The number of likely N-dealkylation sites (tertiary alicyclic amines) is 1. The number of carbonyl (C=O) groups excluding carboxylic acids is 1. The van der Waals surface area contributed by atoms with E-state index in [1.165, 1.54) is 6.42 Å². The largest absolute Gasteiger partial charge is 0.341 e. The molecule has 0 spiro atoms. The van der Waals surface area contributed by atoms with Gasteiger partial charge in [-0.25, -0.2) is 0 Å². The average Bonchev–Trinajstić information content (AvgIpc) is 3.48. The molecule has 1 saturated heterocycles. The first-order chi connectivity index (χ1) is 14.8. The number of amides is 1. The van der Waals surface area contributed by atoms with Crippen LogP contribution in [0.5, 0.6) is 0 Å². The van der Waals surface area contributed by atoms with Crippen LogP contribution in [0.4, 0.5) is 0 Å². The Balaban J connectivity index is 1.42. The maximum atomic E-state index is 13.2. The molecule has 2 aliphatic rings. The van der Waals surface area contributed by atoms with E-state index in [1.54, 1.807) is 18.6 Å². The van der Waals surface area contributed by atoms with Crippen LogP contribution in [0.3, 0.4) is 0 Å². The van der Waals surface area contributed by atoms with Gasteiger partial charge in [0.05, 0.1) is 5.92 Å². The SMILES string of the molecule is O=C(C1CCCCC1)N1C[C@@H](c2cccnc2)[C@H](c2nc(-c3ccncc3)no2)C1. The summed E-state index contributed by atoms with van der Waals surface area (Å²) in [6, 6.07) is 7.73. The Kier molecular flexibility index (Phi) is 5.26. The predicted octanol–water partition coefficient (Wildman–Crippen LogP) is 3.82. The Labute approximate surface area is 175 Å². The minimum atomic E-state index is -0.0372. The van der Waals surface area contributed by atoms with E-state index in [0.29, 0.717) is 24.8 Å². The van der Waals surface area contributed by atoms with Crippen molar-refractivity contribution in [3.8, 4) is 11.4 Å². The Morgan fingerprint density at radius 2 is 1.77 bits per heavy atom. The summed E-state index contributed by atoms with van der Waals surface area (Å²) in [4.78, 5) is 28.2. The number of hydrogen-bond acceptors (Lipinski definition) is 6. The third kappa shape index (κ3) is 3.72. The lowest BCUT2D eigenvalue weighted by Crippen LogP contribution is -2.35. The van der Waals surface area contributed by atoms with E-state index in [1.807, 2.05) is 29.3 Å². The molecule has 0 radical (unpaired) electrons. The topological polar surface area (TPSA) is 85.0 Å². The Hall–Kier alpha value is -3.09. The fraction of sp³-hybridized carbons (Fsp3) is 0.435. The maximum Gasteiger partial charge on any atom is 0.232 e. The summed E-state index contributed by atoms with van der Waals surface area (Å²) < 4.78 is 5.69. The molecule has 154 valence electrons. The van der Waals surface area contributed by atoms with Gasteiger partial charge in [-0.05, 0) is 36.6 Å². The third-order valence-corrected chi connectivity index (χ3v) is 6.40. The van der Waals surface area contributed by atoms with Crippen molar-refractivity contribution in [3.05, 3.63) is 60.5 Å². The second kappa shape index (κ2) is 8.34. The zero-order chi connectivity index (χ0) is 20.3. The molecule has 0 N–H and O–H groups in total. The van der Waals surface area contributed by atoms with Crippen molar-refractivity contribution in [1.29, 1.82) is 0 Å². The van der Waals surface area contributed by atoms with Crippen LogP contribution in [-0.4, -0.2) is 44.0 Å². The minimum Gasteiger partial charge on any atom is -0.341 e. The third-order valence-electron chi connectivity index (χ3n) is 6.40. The van der Waals surface area contributed by atoms with E-state index in [2.05, 4.69) is 26.2 Å². The van der Waals surface area contributed by atoms with E-state index >= 15 is 0 Å². The first-order valence-corrected chi connectivity index (χ1v) is 10.7. The first kappa shape index (κ1) is 18.9. The molecule has 7 nitrogen and oxygen atoms in total. The van der Waals surface area contributed by atoms with Gasteiger partial charge in [0.2, 0.25) is 17.6 Å². The molecule has 0 unspecified atom stereocenters. The fourth-order valence-corrected chi connectivity index (χ4v) is 4.78. The molecule has 1 saturated carbocycles. The zero-order valence-corrected chi connectivity index (χ0v) is 16.9. The summed E-state index contributed by atoms with van der Waals surface area (Å²) in [6.07, 6.45) is 12.6. The highest BCUT2D eigenvalue weighted by molar-refractivity contribution is 5.79. The van der Waals surface area contributed by atoms with Crippen molar-refractivity contribution in [3.63, 3.8) is 0 Å². The number of carbonyl (C=O) groups is 1. The molecule has 1 amide bonds. The van der Waals surface area contributed by atoms with Gasteiger partial charge in [-0.3, -0.25) is 14.8 Å². The van der Waals surface area contributed by atoms with Gasteiger partial charge in [-0.2, -0.15) is 4.98 Å². The van der Waals surface area contributed by atoms with Crippen molar-refractivity contribution >= 4 is 5.91 Å². The molecule has 0 bridgehead atoms. The molecule has 3 aromatic heterocycles. The standard InChI is InChI=1S/C23H25N5O2/c29-23(17-5-2-1-3-6-17)28-14-19(18-7-4-10-25-13-18)20(15-28)22-26-21(27-30-22)16-8-11-24-12-9-16/h4,7-13,17,19-20H,1-3,5-6,14-15H2/t19-,20+/m0/s1. The normalized spacial score (nSPS) is 22.3. The van der Waals surface area contributed by atoms with Crippen molar-refractivity contribution < 1.29 is 9.32 Å². The van der Waals surface area contributed by atoms with E-state index in [0.717, 1.165) is 36.8 Å². The Morgan fingerprint density at radius 3 is 2.53 bits per heavy atom. The summed E-state index contributed by atoms with van der Waals surface area (Å²) >= 11 is 0. The lowest BCUT2D eigenvalue weighted by molar-refractivity contribution is -0.135. The van der Waals surface area contributed by atoms with E-state index in [-0.39, 0.29) is 23.7 Å². The highest BCUT2D eigenvalue weighted by atomic mass is 16.5. The number of hydrogen-bond donors (Lipinski definition) is 0. The van der Waals surface area contributed by atoms with Gasteiger partial charge in [0.1, 0.15) is 0 Å². The smallest absolute Gasteiger partial charge is 0.232 e. The summed E-state index contributed by atoms with van der Waals surface area (Å²) in [5.41, 5.74) is 1.97. The Morgan fingerprint density at radius 1 is 0.967 bits per heavy atom. The van der Waals surface area contributed by atoms with Crippen molar-refractivity contribution in [2.24, 2.45) is 5.92 Å². The van der Waals surface area contributed by atoms with Gasteiger partial charge in [0.15, 0.2) is 0 Å². The van der Waals surface area contributed by atoms with Gasteiger partial charge in [-0.15, -0.1) is 0 Å². The molecule has 1 aliphatic heterocycles. The highest BCUT2D eigenvalue weighted by Crippen LogP contribution is 2.40. The predicted molar refractivity (Wildman–Crippen MR) is 110 cm³/mol. The van der Waals surface area contributed by atoms with Crippen molar-refractivity contribution in [2.45, 2.75) is 43.9 Å². The molecule has 5 rings (SSSR count). The maximum absolute atomic E-state index is 13.2. The van der Waals surface area contributed by atoms with Crippen LogP contribution < -0.4 is 0 Å². The van der Waals surface area contributed by atoms with E-state index in [4.69, 9.17) is 4.52 Å². The lowest BCUT2D eigenvalue weighted by atomic mass is 9.88. The summed E-state index contributed by atoms with van der Waals surface area (Å²) in [7, 11) is 0.